The second kappa shape index (κ2) is 9.05. The van der Waals surface area contributed by atoms with Crippen molar-refractivity contribution in [2.24, 2.45) is 11.3 Å². The third-order valence-electron chi connectivity index (χ3n) is 7.90. The predicted octanol–water partition coefficient (Wildman–Crippen LogP) is 4.57. The molecule has 3 fully saturated rings. The van der Waals surface area contributed by atoms with E-state index in [0.717, 1.165) is 45.3 Å². The Morgan fingerprint density at radius 3 is 2.31 bits per heavy atom. The first kappa shape index (κ1) is 23.1. The van der Waals surface area contributed by atoms with E-state index in [1.807, 2.05) is 0 Å². The number of hydrogen-bond donors (Lipinski definition) is 1. The largest absolute Gasteiger partial charge is 0.465 e. The molecule has 3 aliphatic rings. The molecular formula is C26H39N3O3. The molecule has 1 aromatic carbocycles. The number of carbonyl (C=O) groups is 2. The monoisotopic (exact) mass is 441 g/mol. The Bertz CT molecular complexity index is 836. The molecule has 2 heterocycles. The van der Waals surface area contributed by atoms with Gasteiger partial charge in [-0.05, 0) is 54.1 Å². The number of benzene rings is 1. The van der Waals surface area contributed by atoms with Gasteiger partial charge < -0.3 is 14.9 Å². The first-order chi connectivity index (χ1) is 15.2. The van der Waals surface area contributed by atoms with Gasteiger partial charge in [-0.25, -0.2) is 4.79 Å². The predicted molar refractivity (Wildman–Crippen MR) is 126 cm³/mol. The summed E-state index contributed by atoms with van der Waals surface area (Å²) in [5.74, 6) is 1.08. The second-order valence-electron chi connectivity index (χ2n) is 10.9. The Hall–Kier alpha value is -2.08. The van der Waals surface area contributed by atoms with E-state index in [0.29, 0.717) is 31.0 Å². The van der Waals surface area contributed by atoms with Crippen molar-refractivity contribution in [3.63, 3.8) is 0 Å². The molecule has 2 saturated heterocycles. The van der Waals surface area contributed by atoms with Gasteiger partial charge >= 0.3 is 6.09 Å². The molecule has 1 unspecified atom stereocenters. The molecule has 1 aliphatic carbocycles. The molecule has 1 saturated carbocycles. The summed E-state index contributed by atoms with van der Waals surface area (Å²) >= 11 is 0. The van der Waals surface area contributed by atoms with Crippen molar-refractivity contribution in [3.05, 3.63) is 35.4 Å². The quantitative estimate of drug-likeness (QED) is 0.727. The normalized spacial score (nSPS) is 24.4. The van der Waals surface area contributed by atoms with Gasteiger partial charge in [0.05, 0.1) is 0 Å². The average Bonchev–Trinajstić information content (AvgIpc) is 2.73. The van der Waals surface area contributed by atoms with Crippen LogP contribution in [-0.4, -0.2) is 70.6 Å². The minimum atomic E-state index is -0.798. The van der Waals surface area contributed by atoms with Gasteiger partial charge in [0.2, 0.25) is 5.91 Å². The van der Waals surface area contributed by atoms with Crippen LogP contribution in [0.5, 0.6) is 0 Å². The highest BCUT2D eigenvalue weighted by molar-refractivity contribution is 5.84. The summed E-state index contributed by atoms with van der Waals surface area (Å²) < 4.78 is 0. The van der Waals surface area contributed by atoms with Crippen LogP contribution in [-0.2, 0) is 4.79 Å². The van der Waals surface area contributed by atoms with Gasteiger partial charge in [-0.2, -0.15) is 0 Å². The number of carboxylic acid groups (broad SMARTS) is 1. The smallest absolute Gasteiger partial charge is 0.407 e. The van der Waals surface area contributed by atoms with E-state index in [4.69, 9.17) is 0 Å². The summed E-state index contributed by atoms with van der Waals surface area (Å²) in [6.07, 6.45) is 3.26. The van der Waals surface area contributed by atoms with Crippen molar-refractivity contribution in [2.75, 3.05) is 32.7 Å². The first-order valence-corrected chi connectivity index (χ1v) is 12.3. The zero-order valence-corrected chi connectivity index (χ0v) is 20.1. The van der Waals surface area contributed by atoms with Gasteiger partial charge in [0.1, 0.15) is 6.04 Å². The maximum Gasteiger partial charge on any atom is 0.407 e. The molecule has 1 spiro atoms. The topological polar surface area (TPSA) is 64.1 Å². The summed E-state index contributed by atoms with van der Waals surface area (Å²) in [5, 5.41) is 9.28. The summed E-state index contributed by atoms with van der Waals surface area (Å²) in [6, 6.07) is 8.68. The molecule has 0 bridgehead atoms. The fraction of sp³-hybridized carbons (Fsp3) is 0.692. The third-order valence-corrected chi connectivity index (χ3v) is 7.90. The van der Waals surface area contributed by atoms with Crippen LogP contribution in [0.4, 0.5) is 4.79 Å². The summed E-state index contributed by atoms with van der Waals surface area (Å²) in [7, 11) is 0. The van der Waals surface area contributed by atoms with Crippen LogP contribution in [0, 0.1) is 11.3 Å². The minimum Gasteiger partial charge on any atom is -0.465 e. The maximum absolute atomic E-state index is 13.8. The first-order valence-electron chi connectivity index (χ1n) is 12.3. The van der Waals surface area contributed by atoms with Crippen molar-refractivity contribution in [3.8, 4) is 0 Å². The van der Waals surface area contributed by atoms with E-state index in [2.05, 4.69) is 61.8 Å². The molecule has 2 amide bonds. The molecule has 176 valence electrons. The lowest BCUT2D eigenvalue weighted by Crippen LogP contribution is -2.62. The molecular weight excluding hydrogens is 402 g/mol. The number of likely N-dealkylation sites (tertiary alicyclic amines) is 1. The van der Waals surface area contributed by atoms with Crippen LogP contribution in [0.2, 0.25) is 0 Å². The molecule has 1 N–H and O–H groups in total. The summed E-state index contributed by atoms with van der Waals surface area (Å²) in [6.45, 7) is 12.6. The van der Waals surface area contributed by atoms with Crippen molar-refractivity contribution in [1.82, 2.24) is 14.7 Å². The molecule has 2 aliphatic heterocycles. The number of carbonyl (C=O) groups excluding carboxylic acids is 1. The Morgan fingerprint density at radius 1 is 1.06 bits per heavy atom. The summed E-state index contributed by atoms with van der Waals surface area (Å²) in [5.41, 5.74) is 2.70. The Balaban J connectivity index is 1.55. The number of hydrogen-bond acceptors (Lipinski definition) is 3. The fourth-order valence-corrected chi connectivity index (χ4v) is 6.16. The SMILES string of the molecule is CC(C)CN1CCN(C2CC3(CCN(C(=O)O)CC3)C2)C(c2ccccc2C(C)C)C1=O. The van der Waals surface area contributed by atoms with Gasteiger partial charge in [-0.3, -0.25) is 9.69 Å². The number of rotatable bonds is 5. The van der Waals surface area contributed by atoms with Crippen LogP contribution in [0.15, 0.2) is 24.3 Å². The van der Waals surface area contributed by atoms with Gasteiger partial charge in [0.15, 0.2) is 0 Å². The lowest BCUT2D eigenvalue weighted by atomic mass is 9.59. The zero-order valence-electron chi connectivity index (χ0n) is 20.1. The number of piperidine rings is 1. The number of nitrogens with zero attached hydrogens (tertiary/aromatic N) is 3. The Morgan fingerprint density at radius 2 is 1.72 bits per heavy atom. The lowest BCUT2D eigenvalue weighted by molar-refractivity contribution is -0.150. The maximum atomic E-state index is 13.8. The van der Waals surface area contributed by atoms with Crippen LogP contribution < -0.4 is 0 Å². The molecule has 1 aromatic rings. The molecule has 4 rings (SSSR count). The van der Waals surface area contributed by atoms with Gasteiger partial charge in [-0.15, -0.1) is 0 Å². The van der Waals surface area contributed by atoms with E-state index in [9.17, 15) is 14.7 Å². The highest BCUT2D eigenvalue weighted by Crippen LogP contribution is 2.53. The molecule has 32 heavy (non-hydrogen) atoms. The minimum absolute atomic E-state index is 0.206. The van der Waals surface area contributed by atoms with E-state index in [-0.39, 0.29) is 17.4 Å². The number of piperazine rings is 1. The van der Waals surface area contributed by atoms with E-state index >= 15 is 0 Å². The summed E-state index contributed by atoms with van der Waals surface area (Å²) in [4.78, 5) is 31.2. The molecule has 6 heteroatoms. The van der Waals surface area contributed by atoms with E-state index in [1.165, 1.54) is 11.1 Å². The zero-order chi connectivity index (χ0) is 23.0. The fourth-order valence-electron chi connectivity index (χ4n) is 6.16. The van der Waals surface area contributed by atoms with Crippen molar-refractivity contribution >= 4 is 12.0 Å². The Labute approximate surface area is 192 Å². The van der Waals surface area contributed by atoms with Gasteiger partial charge in [0, 0.05) is 38.8 Å². The van der Waals surface area contributed by atoms with Crippen LogP contribution in [0.25, 0.3) is 0 Å². The molecule has 0 aromatic heterocycles. The number of amides is 2. The van der Waals surface area contributed by atoms with Crippen LogP contribution in [0.3, 0.4) is 0 Å². The lowest BCUT2D eigenvalue weighted by Gasteiger charge is -2.57. The van der Waals surface area contributed by atoms with Crippen molar-refractivity contribution in [1.29, 1.82) is 0 Å². The highest BCUT2D eigenvalue weighted by atomic mass is 16.4. The standard InChI is InChI=1S/C26H39N3O3/c1-18(2)17-28-13-14-29(20-15-26(16-20)9-11-27(12-10-26)25(31)32)23(24(28)30)22-8-6-5-7-21(22)19(3)4/h5-8,18-20,23H,9-17H2,1-4H3,(H,31,32). The molecule has 6 nitrogen and oxygen atoms in total. The van der Waals surface area contributed by atoms with E-state index < -0.39 is 6.09 Å². The third kappa shape index (κ3) is 4.39. The molecule has 1 atom stereocenters. The van der Waals surface area contributed by atoms with Crippen molar-refractivity contribution in [2.45, 2.75) is 71.4 Å². The second-order valence-corrected chi connectivity index (χ2v) is 10.9. The Kier molecular flexibility index (Phi) is 6.53. The highest BCUT2D eigenvalue weighted by Gasteiger charge is 2.51. The van der Waals surface area contributed by atoms with Crippen LogP contribution in [0.1, 0.15) is 76.5 Å². The van der Waals surface area contributed by atoms with Crippen molar-refractivity contribution < 1.29 is 14.7 Å². The average molecular weight is 442 g/mol. The van der Waals surface area contributed by atoms with E-state index in [1.54, 1.807) is 4.90 Å². The van der Waals surface area contributed by atoms with Crippen LogP contribution >= 0.6 is 0 Å². The molecule has 0 radical (unpaired) electrons. The van der Waals surface area contributed by atoms with Gasteiger partial charge in [-0.1, -0.05) is 52.0 Å². The van der Waals surface area contributed by atoms with Gasteiger partial charge in [0.25, 0.3) is 0 Å².